The van der Waals surface area contributed by atoms with Gasteiger partial charge >= 0.3 is 6.18 Å². The van der Waals surface area contributed by atoms with Gasteiger partial charge in [-0.15, -0.1) is 0 Å². The fraction of sp³-hybridized carbons (Fsp3) is 0.333. The Labute approximate surface area is 170 Å². The van der Waals surface area contributed by atoms with Crippen molar-refractivity contribution in [2.45, 2.75) is 32.2 Å². The van der Waals surface area contributed by atoms with Gasteiger partial charge in [-0.3, -0.25) is 4.79 Å². The molecule has 9 heteroatoms. The van der Waals surface area contributed by atoms with Crippen LogP contribution in [0.15, 0.2) is 46.9 Å². The molecule has 1 N–H and O–H groups in total. The largest absolute Gasteiger partial charge is 0.487 e. The lowest BCUT2D eigenvalue weighted by Crippen LogP contribution is -2.54. The molecule has 0 bridgehead atoms. The van der Waals surface area contributed by atoms with Gasteiger partial charge in [0.05, 0.1) is 24.7 Å². The van der Waals surface area contributed by atoms with Crippen LogP contribution in [0.5, 0.6) is 5.75 Å². The first-order chi connectivity index (χ1) is 14.2. The third-order valence-electron chi connectivity index (χ3n) is 4.90. The van der Waals surface area contributed by atoms with Crippen LogP contribution in [0, 0.1) is 0 Å². The van der Waals surface area contributed by atoms with E-state index < -0.39 is 11.7 Å². The minimum absolute atomic E-state index is 0.117. The Hall–Kier alpha value is -3.23. The highest BCUT2D eigenvalue weighted by Crippen LogP contribution is 2.33. The van der Waals surface area contributed by atoms with Crippen LogP contribution in [0.2, 0.25) is 0 Å². The molecule has 0 radical (unpaired) electrons. The van der Waals surface area contributed by atoms with E-state index in [1.807, 2.05) is 30.0 Å². The van der Waals surface area contributed by atoms with Crippen LogP contribution in [0.3, 0.4) is 0 Å². The Balaban J connectivity index is 1.40. The number of oxazole rings is 1. The first-order valence-electron chi connectivity index (χ1n) is 9.45. The van der Waals surface area contributed by atoms with Crippen molar-refractivity contribution < 1.29 is 27.1 Å². The van der Waals surface area contributed by atoms with Gasteiger partial charge in [0.25, 0.3) is 6.01 Å². The predicted octanol–water partition coefficient (Wildman–Crippen LogP) is 4.31. The number of halogens is 3. The number of nitrogens with one attached hydrogen (secondary N) is 1. The van der Waals surface area contributed by atoms with Crippen molar-refractivity contribution in [3.63, 3.8) is 0 Å². The van der Waals surface area contributed by atoms with Crippen molar-refractivity contribution in [3.05, 3.63) is 53.6 Å². The average molecular weight is 419 g/mol. The zero-order chi connectivity index (χ0) is 21.5. The Bertz CT molecular complexity index is 1070. The Morgan fingerprint density at radius 2 is 2.03 bits per heavy atom. The number of carbonyl (C=O) groups is 1. The van der Waals surface area contributed by atoms with E-state index in [1.165, 1.54) is 19.1 Å². The number of rotatable bonds is 5. The highest BCUT2D eigenvalue weighted by molar-refractivity contribution is 5.77. The van der Waals surface area contributed by atoms with Crippen molar-refractivity contribution in [1.82, 2.24) is 10.3 Å². The number of nitrogens with zero attached hydrogens (tertiary/aromatic N) is 2. The molecule has 0 aliphatic carbocycles. The van der Waals surface area contributed by atoms with E-state index in [-0.39, 0.29) is 23.8 Å². The molecule has 1 fully saturated rings. The first-order valence-corrected chi connectivity index (χ1v) is 9.45. The van der Waals surface area contributed by atoms with Crippen molar-refractivity contribution >= 4 is 23.0 Å². The fourth-order valence-corrected chi connectivity index (χ4v) is 3.33. The zero-order valence-electron chi connectivity index (χ0n) is 16.4. The second-order valence-electron chi connectivity index (χ2n) is 7.32. The standard InChI is InChI=1S/C21H20F3N3O3/c1-12(25-13(2)28)14-6-7-18-19(8-14)30-20(26-18)27-10-17(11-27)29-16-5-3-4-15(9-16)21(22,23)24/h3-9,12,17H,10-11H2,1-2H3,(H,25,28). The molecule has 1 aliphatic rings. The van der Waals surface area contributed by atoms with E-state index in [0.717, 1.165) is 17.7 Å². The van der Waals surface area contributed by atoms with Crippen LogP contribution in [0.25, 0.3) is 11.1 Å². The Morgan fingerprint density at radius 1 is 1.27 bits per heavy atom. The average Bonchev–Trinajstić information content (AvgIpc) is 3.05. The highest BCUT2D eigenvalue weighted by Gasteiger charge is 2.34. The summed E-state index contributed by atoms with van der Waals surface area (Å²) >= 11 is 0. The first kappa shape index (κ1) is 20.1. The molecule has 0 saturated carbocycles. The van der Waals surface area contributed by atoms with E-state index >= 15 is 0 Å². The number of ether oxygens (including phenoxy) is 1. The summed E-state index contributed by atoms with van der Waals surface area (Å²) in [5.41, 5.74) is 1.45. The topological polar surface area (TPSA) is 67.6 Å². The predicted molar refractivity (Wildman–Crippen MR) is 104 cm³/mol. The summed E-state index contributed by atoms with van der Waals surface area (Å²) in [5.74, 6) is 0.0666. The maximum absolute atomic E-state index is 12.8. The Morgan fingerprint density at radius 3 is 2.73 bits per heavy atom. The summed E-state index contributed by atoms with van der Waals surface area (Å²) in [6.07, 6.45) is -4.65. The van der Waals surface area contributed by atoms with Gasteiger partial charge in [-0.1, -0.05) is 12.1 Å². The van der Waals surface area contributed by atoms with E-state index in [9.17, 15) is 18.0 Å². The maximum atomic E-state index is 12.8. The molecule has 4 rings (SSSR count). The van der Waals surface area contributed by atoms with Crippen molar-refractivity contribution in [2.75, 3.05) is 18.0 Å². The zero-order valence-corrected chi connectivity index (χ0v) is 16.4. The Kier molecular flexibility index (Phi) is 5.05. The normalized spacial score (nSPS) is 15.7. The number of aromatic nitrogens is 1. The number of hydrogen-bond donors (Lipinski definition) is 1. The summed E-state index contributed by atoms with van der Waals surface area (Å²) in [5, 5.41) is 2.82. The van der Waals surface area contributed by atoms with Crippen LogP contribution in [0.4, 0.5) is 19.2 Å². The van der Waals surface area contributed by atoms with E-state index in [1.54, 1.807) is 0 Å². The molecular weight excluding hydrogens is 399 g/mol. The third-order valence-corrected chi connectivity index (χ3v) is 4.90. The number of fused-ring (bicyclic) bond motifs is 1. The molecule has 1 saturated heterocycles. The summed E-state index contributed by atoms with van der Waals surface area (Å²) in [6, 6.07) is 10.7. The highest BCUT2D eigenvalue weighted by atomic mass is 19.4. The smallest absolute Gasteiger partial charge is 0.416 e. The van der Waals surface area contributed by atoms with E-state index in [4.69, 9.17) is 9.15 Å². The molecule has 30 heavy (non-hydrogen) atoms. The number of hydrogen-bond acceptors (Lipinski definition) is 5. The van der Waals surface area contributed by atoms with E-state index in [2.05, 4.69) is 10.3 Å². The lowest BCUT2D eigenvalue weighted by atomic mass is 10.1. The van der Waals surface area contributed by atoms with Gasteiger partial charge in [-0.25, -0.2) is 0 Å². The number of benzene rings is 2. The molecule has 158 valence electrons. The lowest BCUT2D eigenvalue weighted by Gasteiger charge is -2.37. The maximum Gasteiger partial charge on any atom is 0.416 e. The molecule has 2 aromatic carbocycles. The van der Waals surface area contributed by atoms with E-state index in [0.29, 0.717) is 30.2 Å². The van der Waals surface area contributed by atoms with Gasteiger partial charge in [0.15, 0.2) is 5.58 Å². The lowest BCUT2D eigenvalue weighted by molar-refractivity contribution is -0.137. The van der Waals surface area contributed by atoms with Gasteiger partial charge in [0.2, 0.25) is 5.91 Å². The number of alkyl halides is 3. The van der Waals surface area contributed by atoms with Crippen molar-refractivity contribution in [1.29, 1.82) is 0 Å². The van der Waals surface area contributed by atoms with Crippen LogP contribution in [0.1, 0.15) is 31.0 Å². The molecule has 1 amide bonds. The molecule has 1 aliphatic heterocycles. The van der Waals surface area contributed by atoms with Crippen molar-refractivity contribution in [3.8, 4) is 5.75 Å². The van der Waals surface area contributed by atoms with Crippen LogP contribution >= 0.6 is 0 Å². The number of carbonyl (C=O) groups excluding carboxylic acids is 1. The second-order valence-corrected chi connectivity index (χ2v) is 7.32. The summed E-state index contributed by atoms with van der Waals surface area (Å²) in [6.45, 7) is 4.25. The molecule has 1 aromatic heterocycles. The minimum atomic E-state index is -4.40. The fourth-order valence-electron chi connectivity index (χ4n) is 3.33. The van der Waals surface area contributed by atoms with Crippen LogP contribution in [-0.4, -0.2) is 30.1 Å². The van der Waals surface area contributed by atoms with Gasteiger partial charge in [-0.2, -0.15) is 18.2 Å². The molecule has 1 unspecified atom stereocenters. The minimum Gasteiger partial charge on any atom is -0.487 e. The molecule has 2 heterocycles. The third kappa shape index (κ3) is 4.19. The summed E-state index contributed by atoms with van der Waals surface area (Å²) in [4.78, 5) is 17.5. The van der Waals surface area contributed by atoms with Gasteiger partial charge in [0.1, 0.15) is 17.4 Å². The molecular formula is C21H20F3N3O3. The quantitative estimate of drug-likeness (QED) is 0.668. The van der Waals surface area contributed by atoms with Crippen molar-refractivity contribution in [2.24, 2.45) is 0 Å². The van der Waals surface area contributed by atoms with Gasteiger partial charge < -0.3 is 19.4 Å². The van der Waals surface area contributed by atoms with Gasteiger partial charge in [-0.05, 0) is 42.8 Å². The van der Waals surface area contributed by atoms with Gasteiger partial charge in [0, 0.05) is 6.92 Å². The number of amides is 1. The molecule has 6 nitrogen and oxygen atoms in total. The number of anilines is 1. The summed E-state index contributed by atoms with van der Waals surface area (Å²) in [7, 11) is 0. The molecule has 3 aromatic rings. The second kappa shape index (κ2) is 7.55. The SMILES string of the molecule is CC(=O)NC(C)c1ccc2nc(N3CC(Oc4cccc(C(F)(F)F)c4)C3)oc2c1. The molecule has 1 atom stereocenters. The van der Waals surface area contributed by atoms with Crippen LogP contribution < -0.4 is 15.0 Å². The summed E-state index contributed by atoms with van der Waals surface area (Å²) < 4.78 is 49.9. The monoisotopic (exact) mass is 419 g/mol. The van der Waals surface area contributed by atoms with Crippen LogP contribution in [-0.2, 0) is 11.0 Å². The molecule has 0 spiro atoms.